The molecule has 3 rings (SSSR count). The summed E-state index contributed by atoms with van der Waals surface area (Å²) in [5, 5.41) is 16.2. The Labute approximate surface area is 188 Å². The average Bonchev–Trinajstić information content (AvgIpc) is 2.96. The van der Waals surface area contributed by atoms with E-state index in [0.717, 1.165) is 42.1 Å². The quantitative estimate of drug-likeness (QED) is 0.502. The molecule has 4 N–H and O–H groups in total. The van der Waals surface area contributed by atoms with E-state index in [0.29, 0.717) is 19.5 Å². The Morgan fingerprint density at radius 2 is 1.72 bits per heavy atom. The molecule has 0 spiro atoms. The fourth-order valence-electron chi connectivity index (χ4n) is 4.21. The number of carbonyl (C=O) groups excluding carboxylic acids is 2. The summed E-state index contributed by atoms with van der Waals surface area (Å²) >= 11 is 0. The van der Waals surface area contributed by atoms with Crippen LogP contribution in [0.15, 0.2) is 30.5 Å². The van der Waals surface area contributed by atoms with Crippen molar-refractivity contribution < 1.29 is 19.5 Å². The third-order valence-electron chi connectivity index (χ3n) is 5.93. The normalized spacial score (nSPS) is 16.4. The molecule has 1 fully saturated rings. The van der Waals surface area contributed by atoms with E-state index in [1.54, 1.807) is 11.1 Å². The van der Waals surface area contributed by atoms with E-state index in [1.807, 2.05) is 38.1 Å². The lowest BCUT2D eigenvalue weighted by molar-refractivity contribution is -0.142. The summed E-state index contributed by atoms with van der Waals surface area (Å²) in [5.41, 5.74) is 1.74. The van der Waals surface area contributed by atoms with Gasteiger partial charge in [0.25, 0.3) is 0 Å². The summed E-state index contributed by atoms with van der Waals surface area (Å²) in [5.74, 6) is -1.41. The third-order valence-corrected chi connectivity index (χ3v) is 5.93. The van der Waals surface area contributed by atoms with Gasteiger partial charge in [0.15, 0.2) is 0 Å². The Morgan fingerprint density at radius 1 is 1.03 bits per heavy atom. The number of hydrogen-bond donors (Lipinski definition) is 4. The predicted octanol–water partition coefficient (Wildman–Crippen LogP) is 3.28. The van der Waals surface area contributed by atoms with Crippen LogP contribution in [-0.2, 0) is 16.0 Å². The van der Waals surface area contributed by atoms with Crippen molar-refractivity contribution in [1.29, 1.82) is 0 Å². The van der Waals surface area contributed by atoms with Crippen molar-refractivity contribution in [2.75, 3.05) is 13.1 Å². The van der Waals surface area contributed by atoms with Crippen molar-refractivity contribution in [3.8, 4) is 0 Å². The van der Waals surface area contributed by atoms with Crippen LogP contribution in [-0.4, -0.2) is 58.1 Å². The first-order chi connectivity index (χ1) is 15.3. The Balaban J connectivity index is 1.69. The number of urea groups is 1. The fraction of sp³-hybridized carbons (Fsp3) is 0.542. The minimum absolute atomic E-state index is 0.152. The van der Waals surface area contributed by atoms with E-state index in [4.69, 9.17) is 0 Å². The van der Waals surface area contributed by atoms with Gasteiger partial charge in [0.05, 0.1) is 0 Å². The van der Waals surface area contributed by atoms with Crippen LogP contribution >= 0.6 is 0 Å². The number of H-pyrrole nitrogens is 1. The number of carbonyl (C=O) groups is 3. The second-order valence-electron chi connectivity index (χ2n) is 9.00. The minimum Gasteiger partial charge on any atom is -0.480 e. The van der Waals surface area contributed by atoms with Crippen molar-refractivity contribution >= 4 is 28.8 Å². The molecular formula is C24H34N4O4. The second kappa shape index (κ2) is 11.0. The number of benzene rings is 1. The van der Waals surface area contributed by atoms with Crippen molar-refractivity contribution in [2.24, 2.45) is 5.92 Å². The highest BCUT2D eigenvalue weighted by molar-refractivity contribution is 5.91. The van der Waals surface area contributed by atoms with E-state index in [-0.39, 0.29) is 18.4 Å². The number of aromatic nitrogens is 1. The molecule has 2 heterocycles. The van der Waals surface area contributed by atoms with Gasteiger partial charge in [-0.2, -0.15) is 0 Å². The van der Waals surface area contributed by atoms with E-state index >= 15 is 0 Å². The molecule has 0 bridgehead atoms. The lowest BCUT2D eigenvalue weighted by atomic mass is 10.0. The lowest BCUT2D eigenvalue weighted by Crippen LogP contribution is -2.55. The Hall–Kier alpha value is -3.03. The Kier molecular flexibility index (Phi) is 8.14. The SMILES string of the molecule is CC(C)C[C@@H](NC(=O)N1CCCCCC1)C(=O)N[C@H](Cc1c[nH]c2ccccc12)C(=O)O. The first-order valence-corrected chi connectivity index (χ1v) is 11.5. The molecule has 2 aromatic rings. The van der Waals surface area contributed by atoms with E-state index < -0.39 is 24.0 Å². The molecular weight excluding hydrogens is 408 g/mol. The van der Waals surface area contributed by atoms with Crippen molar-refractivity contribution in [2.45, 2.75) is 64.5 Å². The number of para-hydroxylation sites is 1. The van der Waals surface area contributed by atoms with Gasteiger partial charge >= 0.3 is 12.0 Å². The molecule has 0 radical (unpaired) electrons. The minimum atomic E-state index is -1.11. The number of nitrogens with one attached hydrogen (secondary N) is 3. The Bertz CT molecular complexity index is 931. The predicted molar refractivity (Wildman–Crippen MR) is 123 cm³/mol. The lowest BCUT2D eigenvalue weighted by Gasteiger charge is -2.27. The number of fused-ring (bicyclic) bond motifs is 1. The topological polar surface area (TPSA) is 115 Å². The van der Waals surface area contributed by atoms with E-state index in [9.17, 15) is 19.5 Å². The third kappa shape index (κ3) is 6.24. The van der Waals surface area contributed by atoms with Crippen LogP contribution < -0.4 is 10.6 Å². The van der Waals surface area contributed by atoms with E-state index in [2.05, 4.69) is 15.6 Å². The zero-order valence-corrected chi connectivity index (χ0v) is 18.9. The summed E-state index contributed by atoms with van der Waals surface area (Å²) in [6, 6.07) is 5.51. The molecule has 0 unspecified atom stereocenters. The average molecular weight is 443 g/mol. The monoisotopic (exact) mass is 442 g/mol. The van der Waals surface area contributed by atoms with Gasteiger partial charge in [0, 0.05) is 36.6 Å². The maximum atomic E-state index is 13.1. The highest BCUT2D eigenvalue weighted by Crippen LogP contribution is 2.19. The summed E-state index contributed by atoms with van der Waals surface area (Å²) < 4.78 is 0. The van der Waals surface area contributed by atoms with Gasteiger partial charge in [-0.1, -0.05) is 44.9 Å². The van der Waals surface area contributed by atoms with Crippen LogP contribution in [0.3, 0.4) is 0 Å². The number of nitrogens with zero attached hydrogens (tertiary/aromatic N) is 1. The van der Waals surface area contributed by atoms with Crippen molar-refractivity contribution in [1.82, 2.24) is 20.5 Å². The Morgan fingerprint density at radius 3 is 2.38 bits per heavy atom. The molecule has 3 amide bonds. The molecule has 1 aliphatic rings. The van der Waals surface area contributed by atoms with Gasteiger partial charge in [-0.25, -0.2) is 9.59 Å². The smallest absolute Gasteiger partial charge is 0.326 e. The maximum Gasteiger partial charge on any atom is 0.326 e. The largest absolute Gasteiger partial charge is 0.480 e. The van der Waals surface area contributed by atoms with Crippen molar-refractivity contribution in [3.63, 3.8) is 0 Å². The van der Waals surface area contributed by atoms with Gasteiger partial charge in [-0.05, 0) is 36.8 Å². The van der Waals surface area contributed by atoms with Gasteiger partial charge < -0.3 is 25.6 Å². The summed E-state index contributed by atoms with van der Waals surface area (Å²) in [6.45, 7) is 5.30. The van der Waals surface area contributed by atoms with Crippen LogP contribution in [0.4, 0.5) is 4.79 Å². The zero-order valence-electron chi connectivity index (χ0n) is 18.9. The summed E-state index contributed by atoms with van der Waals surface area (Å²) in [6.07, 6.45) is 6.49. The summed E-state index contributed by atoms with van der Waals surface area (Å²) in [7, 11) is 0. The van der Waals surface area contributed by atoms with Gasteiger partial charge in [0.1, 0.15) is 12.1 Å². The number of carboxylic acids is 1. The molecule has 1 aromatic heterocycles. The molecule has 8 nitrogen and oxygen atoms in total. The zero-order chi connectivity index (χ0) is 23.1. The number of aromatic amines is 1. The molecule has 2 atom stereocenters. The molecule has 1 aromatic carbocycles. The first-order valence-electron chi connectivity index (χ1n) is 11.5. The molecule has 8 heteroatoms. The number of amides is 3. The molecule has 32 heavy (non-hydrogen) atoms. The number of carboxylic acid groups (broad SMARTS) is 1. The van der Waals surface area contributed by atoms with Crippen LogP contribution in [0.1, 0.15) is 51.5 Å². The number of aliphatic carboxylic acids is 1. The number of likely N-dealkylation sites (tertiary alicyclic amines) is 1. The van der Waals surface area contributed by atoms with Crippen molar-refractivity contribution in [3.05, 3.63) is 36.0 Å². The molecule has 1 aliphatic heterocycles. The molecule has 0 saturated carbocycles. The molecule has 174 valence electrons. The van der Waals surface area contributed by atoms with Gasteiger partial charge in [-0.3, -0.25) is 4.79 Å². The van der Waals surface area contributed by atoms with Crippen LogP contribution in [0.5, 0.6) is 0 Å². The fourth-order valence-corrected chi connectivity index (χ4v) is 4.21. The van der Waals surface area contributed by atoms with Gasteiger partial charge in [0.2, 0.25) is 5.91 Å². The highest BCUT2D eigenvalue weighted by atomic mass is 16.4. The first kappa shape index (κ1) is 23.6. The van der Waals surface area contributed by atoms with Crippen LogP contribution in [0.2, 0.25) is 0 Å². The number of hydrogen-bond acceptors (Lipinski definition) is 3. The van der Waals surface area contributed by atoms with Crippen LogP contribution in [0.25, 0.3) is 10.9 Å². The summed E-state index contributed by atoms with van der Waals surface area (Å²) in [4.78, 5) is 42.7. The van der Waals surface area contributed by atoms with E-state index in [1.165, 1.54) is 0 Å². The maximum absolute atomic E-state index is 13.1. The second-order valence-corrected chi connectivity index (χ2v) is 9.00. The number of rotatable bonds is 8. The van der Waals surface area contributed by atoms with Crippen LogP contribution in [0, 0.1) is 5.92 Å². The van der Waals surface area contributed by atoms with Gasteiger partial charge in [-0.15, -0.1) is 0 Å². The molecule has 1 saturated heterocycles. The highest BCUT2D eigenvalue weighted by Gasteiger charge is 2.29. The molecule has 0 aliphatic carbocycles. The standard InChI is InChI=1S/C24H34N4O4/c1-16(2)13-20(27-24(32)28-11-7-3-4-8-12-28)22(29)26-21(23(30)31)14-17-15-25-19-10-6-5-9-18(17)19/h5-6,9-10,15-16,20-21,25H,3-4,7-8,11-14H2,1-2H3,(H,26,29)(H,27,32)(H,30,31)/t20-,21-/m1/s1.